The van der Waals surface area contributed by atoms with Crippen LogP contribution in [0.5, 0.6) is 0 Å². The third-order valence-corrected chi connectivity index (χ3v) is 2.93. The molecule has 0 fully saturated rings. The lowest BCUT2D eigenvalue weighted by molar-refractivity contribution is -0.131. The molecule has 1 amide bonds. The van der Waals surface area contributed by atoms with Crippen LogP contribution in [0, 0.1) is 5.41 Å². The molecule has 0 saturated heterocycles. The van der Waals surface area contributed by atoms with E-state index in [2.05, 4.69) is 34.3 Å². The van der Waals surface area contributed by atoms with Crippen molar-refractivity contribution in [3.05, 3.63) is 12.7 Å². The molecule has 2 heteroatoms. The predicted molar refractivity (Wildman–Crippen MR) is 70.4 cm³/mol. The van der Waals surface area contributed by atoms with Gasteiger partial charge in [-0.15, -0.1) is 6.58 Å². The van der Waals surface area contributed by atoms with Crippen LogP contribution in [-0.4, -0.2) is 23.9 Å². The molecule has 0 aromatic carbocycles. The number of rotatable bonds is 6. The van der Waals surface area contributed by atoms with Gasteiger partial charge in [-0.25, -0.2) is 0 Å². The maximum Gasteiger partial charge on any atom is 0.222 e. The fourth-order valence-electron chi connectivity index (χ4n) is 1.48. The van der Waals surface area contributed by atoms with E-state index in [4.69, 9.17) is 0 Å². The SMILES string of the molecule is C=CCCC(=O)N(C)C(C)CCC(C)(C)C. The molecule has 0 rings (SSSR count). The Balaban J connectivity index is 4.02. The Morgan fingerprint density at radius 2 is 2.00 bits per heavy atom. The molecule has 94 valence electrons. The minimum absolute atomic E-state index is 0.223. The van der Waals surface area contributed by atoms with Gasteiger partial charge in [0.15, 0.2) is 0 Å². The Morgan fingerprint density at radius 3 is 2.44 bits per heavy atom. The summed E-state index contributed by atoms with van der Waals surface area (Å²) < 4.78 is 0. The minimum atomic E-state index is 0.223. The van der Waals surface area contributed by atoms with Gasteiger partial charge in [-0.3, -0.25) is 4.79 Å². The van der Waals surface area contributed by atoms with Gasteiger partial charge in [-0.2, -0.15) is 0 Å². The fourth-order valence-corrected chi connectivity index (χ4v) is 1.48. The van der Waals surface area contributed by atoms with Gasteiger partial charge >= 0.3 is 0 Å². The Bertz CT molecular complexity index is 227. The number of hydrogen-bond donors (Lipinski definition) is 0. The lowest BCUT2D eigenvalue weighted by Crippen LogP contribution is -2.35. The molecule has 1 unspecified atom stereocenters. The van der Waals surface area contributed by atoms with Gasteiger partial charge in [-0.1, -0.05) is 26.8 Å². The van der Waals surface area contributed by atoms with Gasteiger partial charge in [-0.05, 0) is 31.6 Å². The topological polar surface area (TPSA) is 20.3 Å². The van der Waals surface area contributed by atoms with E-state index in [-0.39, 0.29) is 5.91 Å². The van der Waals surface area contributed by atoms with Crippen LogP contribution < -0.4 is 0 Å². The van der Waals surface area contributed by atoms with Crippen LogP contribution >= 0.6 is 0 Å². The molecule has 0 aliphatic heterocycles. The Kier molecular flexibility index (Phi) is 6.39. The Labute approximate surface area is 101 Å². The lowest BCUT2D eigenvalue weighted by Gasteiger charge is -2.28. The van der Waals surface area contributed by atoms with Crippen molar-refractivity contribution in [2.24, 2.45) is 5.41 Å². The molecule has 0 aromatic heterocycles. The molecule has 2 nitrogen and oxygen atoms in total. The van der Waals surface area contributed by atoms with Crippen LogP contribution in [0.25, 0.3) is 0 Å². The summed E-state index contributed by atoms with van der Waals surface area (Å²) in [6, 6.07) is 0.330. The Morgan fingerprint density at radius 1 is 1.44 bits per heavy atom. The summed E-state index contributed by atoms with van der Waals surface area (Å²) in [4.78, 5) is 13.6. The second kappa shape index (κ2) is 6.72. The molecule has 0 N–H and O–H groups in total. The maximum absolute atomic E-state index is 11.7. The zero-order chi connectivity index (χ0) is 12.8. The van der Waals surface area contributed by atoms with E-state index in [1.54, 1.807) is 6.08 Å². The highest BCUT2D eigenvalue weighted by Crippen LogP contribution is 2.22. The fraction of sp³-hybridized carbons (Fsp3) is 0.786. The minimum Gasteiger partial charge on any atom is -0.343 e. The summed E-state index contributed by atoms with van der Waals surface area (Å²) in [6.45, 7) is 12.5. The average molecular weight is 225 g/mol. The van der Waals surface area contributed by atoms with Crippen molar-refractivity contribution < 1.29 is 4.79 Å². The molecule has 0 bridgehead atoms. The van der Waals surface area contributed by atoms with Crippen molar-refractivity contribution in [3.8, 4) is 0 Å². The van der Waals surface area contributed by atoms with Gasteiger partial charge < -0.3 is 4.90 Å². The van der Waals surface area contributed by atoms with E-state index in [9.17, 15) is 4.79 Å². The zero-order valence-corrected chi connectivity index (χ0v) is 11.5. The number of carbonyl (C=O) groups excluding carboxylic acids is 1. The summed E-state index contributed by atoms with van der Waals surface area (Å²) in [6.07, 6.45) is 5.37. The third-order valence-electron chi connectivity index (χ3n) is 2.93. The van der Waals surface area contributed by atoms with E-state index in [0.717, 1.165) is 19.3 Å². The summed E-state index contributed by atoms with van der Waals surface area (Å²) in [7, 11) is 1.90. The molecule has 0 heterocycles. The van der Waals surface area contributed by atoms with Crippen molar-refractivity contribution >= 4 is 5.91 Å². The van der Waals surface area contributed by atoms with E-state index in [1.807, 2.05) is 11.9 Å². The number of nitrogens with zero attached hydrogens (tertiary/aromatic N) is 1. The van der Waals surface area contributed by atoms with Gasteiger partial charge in [0.25, 0.3) is 0 Å². The zero-order valence-electron chi connectivity index (χ0n) is 11.5. The maximum atomic E-state index is 11.7. The van der Waals surface area contributed by atoms with E-state index in [1.165, 1.54) is 0 Å². The van der Waals surface area contributed by atoms with Crippen molar-refractivity contribution in [1.82, 2.24) is 4.90 Å². The molecular formula is C14H27NO. The lowest BCUT2D eigenvalue weighted by atomic mass is 9.89. The highest BCUT2D eigenvalue weighted by atomic mass is 16.2. The van der Waals surface area contributed by atoms with Crippen LogP contribution in [0.1, 0.15) is 53.4 Å². The molecule has 0 aliphatic carbocycles. The number of amides is 1. The monoisotopic (exact) mass is 225 g/mol. The quantitative estimate of drug-likeness (QED) is 0.632. The van der Waals surface area contributed by atoms with Gasteiger partial charge in [0, 0.05) is 19.5 Å². The molecular weight excluding hydrogens is 198 g/mol. The number of allylic oxidation sites excluding steroid dienone is 1. The van der Waals surface area contributed by atoms with E-state index in [0.29, 0.717) is 17.9 Å². The number of hydrogen-bond acceptors (Lipinski definition) is 1. The smallest absolute Gasteiger partial charge is 0.222 e. The van der Waals surface area contributed by atoms with Crippen LogP contribution in [0.15, 0.2) is 12.7 Å². The second-order valence-electron chi connectivity index (χ2n) is 5.78. The molecule has 16 heavy (non-hydrogen) atoms. The third kappa shape index (κ3) is 6.65. The molecule has 0 aromatic rings. The Hall–Kier alpha value is -0.790. The molecule has 0 radical (unpaired) electrons. The van der Waals surface area contributed by atoms with Crippen molar-refractivity contribution in [2.45, 2.75) is 59.4 Å². The van der Waals surface area contributed by atoms with Crippen LogP contribution in [0.4, 0.5) is 0 Å². The largest absolute Gasteiger partial charge is 0.343 e. The number of carbonyl (C=O) groups is 1. The molecule has 0 aliphatic rings. The van der Waals surface area contributed by atoms with E-state index < -0.39 is 0 Å². The first-order valence-corrected chi connectivity index (χ1v) is 6.14. The van der Waals surface area contributed by atoms with Crippen LogP contribution in [0.3, 0.4) is 0 Å². The summed E-state index contributed by atoms with van der Waals surface area (Å²) >= 11 is 0. The van der Waals surface area contributed by atoms with Gasteiger partial charge in [0.1, 0.15) is 0 Å². The van der Waals surface area contributed by atoms with Crippen molar-refractivity contribution in [3.63, 3.8) is 0 Å². The van der Waals surface area contributed by atoms with E-state index >= 15 is 0 Å². The van der Waals surface area contributed by atoms with Crippen molar-refractivity contribution in [2.75, 3.05) is 7.05 Å². The predicted octanol–water partition coefficient (Wildman–Crippen LogP) is 3.63. The summed E-state index contributed by atoms with van der Waals surface area (Å²) in [5.41, 5.74) is 0.346. The first kappa shape index (κ1) is 15.2. The standard InChI is InChI=1S/C14H27NO/c1-7-8-9-13(16)15(6)12(2)10-11-14(3,4)5/h7,12H,1,8-11H2,2-6H3. The summed E-state index contributed by atoms with van der Waals surface area (Å²) in [5, 5.41) is 0. The first-order valence-electron chi connectivity index (χ1n) is 6.14. The second-order valence-corrected chi connectivity index (χ2v) is 5.78. The average Bonchev–Trinajstić information content (AvgIpc) is 2.20. The molecule has 0 saturated carbocycles. The van der Waals surface area contributed by atoms with Gasteiger partial charge in [0.05, 0.1) is 0 Å². The summed E-state index contributed by atoms with van der Waals surface area (Å²) in [5.74, 6) is 0.223. The normalized spacial score (nSPS) is 13.3. The highest BCUT2D eigenvalue weighted by molar-refractivity contribution is 5.76. The van der Waals surface area contributed by atoms with Crippen LogP contribution in [0.2, 0.25) is 0 Å². The van der Waals surface area contributed by atoms with Gasteiger partial charge in [0.2, 0.25) is 5.91 Å². The van der Waals surface area contributed by atoms with Crippen LogP contribution in [-0.2, 0) is 4.79 Å². The highest BCUT2D eigenvalue weighted by Gasteiger charge is 2.18. The first-order chi connectivity index (χ1) is 7.28. The van der Waals surface area contributed by atoms with Crippen molar-refractivity contribution in [1.29, 1.82) is 0 Å². The molecule has 0 spiro atoms. The molecule has 1 atom stereocenters.